The smallest absolute Gasteiger partial charge is 0.152 e. The van der Waals surface area contributed by atoms with Crippen LogP contribution in [0.25, 0.3) is 0 Å². The van der Waals surface area contributed by atoms with Crippen molar-refractivity contribution in [3.05, 3.63) is 11.9 Å². The minimum atomic E-state index is -2.89. The lowest BCUT2D eigenvalue weighted by Crippen LogP contribution is -2.34. The first-order chi connectivity index (χ1) is 9.86. The Hall–Kier alpha value is -1.37. The Kier molecular flexibility index (Phi) is 4.70. The van der Waals surface area contributed by atoms with Crippen LogP contribution in [-0.2, 0) is 9.84 Å². The van der Waals surface area contributed by atoms with Crippen LogP contribution in [-0.4, -0.2) is 56.1 Å². The second kappa shape index (κ2) is 6.17. The zero-order valence-corrected chi connectivity index (χ0v) is 14.0. The van der Waals surface area contributed by atoms with E-state index in [1.54, 1.807) is 0 Å². The van der Waals surface area contributed by atoms with Crippen molar-refractivity contribution in [1.29, 1.82) is 0 Å². The van der Waals surface area contributed by atoms with Crippen molar-refractivity contribution in [2.75, 3.05) is 41.4 Å². The highest BCUT2D eigenvalue weighted by Gasteiger charge is 2.31. The molecule has 0 amide bonds. The minimum absolute atomic E-state index is 0.00820. The van der Waals surface area contributed by atoms with Crippen molar-refractivity contribution >= 4 is 21.5 Å². The summed E-state index contributed by atoms with van der Waals surface area (Å²) >= 11 is 0. The maximum absolute atomic E-state index is 11.6. The number of nitrogens with zero attached hydrogens (tertiary/aromatic N) is 4. The number of rotatable bonds is 5. The van der Waals surface area contributed by atoms with Gasteiger partial charge in [0.2, 0.25) is 0 Å². The summed E-state index contributed by atoms with van der Waals surface area (Å²) in [5, 5.41) is 0. The number of anilines is 2. The largest absolute Gasteiger partial charge is 0.357 e. The predicted molar refractivity (Wildman–Crippen MR) is 85.8 cm³/mol. The summed E-state index contributed by atoms with van der Waals surface area (Å²) in [7, 11) is -0.974. The molecule has 1 saturated heterocycles. The molecule has 1 aromatic rings. The van der Waals surface area contributed by atoms with E-state index in [0.29, 0.717) is 12.2 Å². The molecule has 2 heterocycles. The molecule has 0 radical (unpaired) electrons. The number of aryl methyl sites for hydroxylation is 1. The minimum Gasteiger partial charge on any atom is -0.357 e. The summed E-state index contributed by atoms with van der Waals surface area (Å²) in [6.07, 6.45) is 0.669. The van der Waals surface area contributed by atoms with Crippen LogP contribution < -0.4 is 9.80 Å². The number of hydrogen-bond acceptors (Lipinski definition) is 6. The SMILES string of the molecule is CCN(CC)c1cc(N(C)C2CCS(=O)(=O)C2)nc(C)n1. The van der Waals surface area contributed by atoms with E-state index in [-0.39, 0.29) is 17.5 Å². The van der Waals surface area contributed by atoms with Crippen molar-refractivity contribution in [2.45, 2.75) is 33.2 Å². The van der Waals surface area contributed by atoms with Gasteiger partial charge in [0.15, 0.2) is 9.84 Å². The van der Waals surface area contributed by atoms with Gasteiger partial charge < -0.3 is 9.80 Å². The summed E-state index contributed by atoms with van der Waals surface area (Å²) in [4.78, 5) is 13.1. The van der Waals surface area contributed by atoms with Gasteiger partial charge in [-0.3, -0.25) is 0 Å². The van der Waals surface area contributed by atoms with Crippen LogP contribution in [0.2, 0.25) is 0 Å². The van der Waals surface area contributed by atoms with Crippen molar-refractivity contribution in [3.8, 4) is 0 Å². The van der Waals surface area contributed by atoms with Gasteiger partial charge in [-0.25, -0.2) is 18.4 Å². The molecule has 2 rings (SSSR count). The van der Waals surface area contributed by atoms with E-state index in [2.05, 4.69) is 28.7 Å². The van der Waals surface area contributed by atoms with Crippen molar-refractivity contribution in [1.82, 2.24) is 9.97 Å². The van der Waals surface area contributed by atoms with Gasteiger partial charge in [-0.15, -0.1) is 0 Å². The third-order valence-corrected chi connectivity index (χ3v) is 5.77. The van der Waals surface area contributed by atoms with Crippen LogP contribution in [0.15, 0.2) is 6.07 Å². The van der Waals surface area contributed by atoms with Crippen LogP contribution >= 0.6 is 0 Å². The van der Waals surface area contributed by atoms with E-state index >= 15 is 0 Å². The molecular weight excluding hydrogens is 288 g/mol. The molecule has 0 bridgehead atoms. The first-order valence-electron chi connectivity index (χ1n) is 7.40. The maximum atomic E-state index is 11.6. The molecule has 1 aliphatic heterocycles. The molecule has 7 heteroatoms. The Balaban J connectivity index is 2.27. The van der Waals surface area contributed by atoms with Crippen LogP contribution in [0, 0.1) is 6.92 Å². The molecule has 0 aliphatic carbocycles. The molecule has 21 heavy (non-hydrogen) atoms. The van der Waals surface area contributed by atoms with Crippen LogP contribution in [0.1, 0.15) is 26.1 Å². The molecule has 6 nitrogen and oxygen atoms in total. The van der Waals surface area contributed by atoms with Gasteiger partial charge in [-0.05, 0) is 27.2 Å². The second-order valence-electron chi connectivity index (χ2n) is 5.47. The monoisotopic (exact) mass is 312 g/mol. The maximum Gasteiger partial charge on any atom is 0.152 e. The van der Waals surface area contributed by atoms with Crippen LogP contribution in [0.4, 0.5) is 11.6 Å². The van der Waals surface area contributed by atoms with Crippen molar-refractivity contribution < 1.29 is 8.42 Å². The summed E-state index contributed by atoms with van der Waals surface area (Å²) in [6, 6.07) is 1.96. The molecule has 1 unspecified atom stereocenters. The fourth-order valence-electron chi connectivity index (χ4n) is 2.69. The first-order valence-corrected chi connectivity index (χ1v) is 9.22. The van der Waals surface area contributed by atoms with E-state index < -0.39 is 9.84 Å². The molecule has 1 fully saturated rings. The van der Waals surface area contributed by atoms with Gasteiger partial charge in [-0.1, -0.05) is 0 Å². The molecule has 0 N–H and O–H groups in total. The molecule has 118 valence electrons. The topological polar surface area (TPSA) is 66.4 Å². The highest BCUT2D eigenvalue weighted by atomic mass is 32.2. The zero-order chi connectivity index (χ0) is 15.6. The fraction of sp³-hybridized carbons (Fsp3) is 0.714. The lowest BCUT2D eigenvalue weighted by molar-refractivity contribution is 0.600. The average molecular weight is 312 g/mol. The number of sulfone groups is 1. The third kappa shape index (κ3) is 3.64. The van der Waals surface area contributed by atoms with Gasteiger partial charge in [-0.2, -0.15) is 0 Å². The Morgan fingerprint density at radius 1 is 1.24 bits per heavy atom. The quantitative estimate of drug-likeness (QED) is 0.815. The molecule has 0 aromatic carbocycles. The molecule has 1 aliphatic rings. The second-order valence-corrected chi connectivity index (χ2v) is 7.70. The van der Waals surface area contributed by atoms with E-state index in [9.17, 15) is 8.42 Å². The summed E-state index contributed by atoms with van der Waals surface area (Å²) in [5.74, 6) is 2.89. The molecule has 0 spiro atoms. The molecule has 0 saturated carbocycles. The average Bonchev–Trinajstić information content (AvgIpc) is 2.79. The van der Waals surface area contributed by atoms with Crippen molar-refractivity contribution in [2.24, 2.45) is 0 Å². The van der Waals surface area contributed by atoms with Gasteiger partial charge in [0, 0.05) is 32.2 Å². The lowest BCUT2D eigenvalue weighted by atomic mass is 10.2. The standard InChI is InChI=1S/C14H24N4O2S/c1-5-18(6-2)14-9-13(15-11(3)16-14)17(4)12-7-8-21(19,20)10-12/h9,12H,5-8,10H2,1-4H3. The Bertz CT molecular complexity index is 599. The zero-order valence-electron chi connectivity index (χ0n) is 13.2. The highest BCUT2D eigenvalue weighted by molar-refractivity contribution is 7.91. The first kappa shape index (κ1) is 16.0. The Morgan fingerprint density at radius 2 is 1.86 bits per heavy atom. The van der Waals surface area contributed by atoms with Crippen molar-refractivity contribution in [3.63, 3.8) is 0 Å². The normalized spacial score (nSPS) is 20.5. The predicted octanol–water partition coefficient (Wildman–Crippen LogP) is 1.25. The van der Waals surface area contributed by atoms with Gasteiger partial charge in [0.1, 0.15) is 17.5 Å². The Morgan fingerprint density at radius 3 is 2.38 bits per heavy atom. The van der Waals surface area contributed by atoms with E-state index in [1.807, 2.05) is 24.9 Å². The van der Waals surface area contributed by atoms with Gasteiger partial charge in [0.05, 0.1) is 11.5 Å². The molecule has 1 aromatic heterocycles. The summed E-state index contributed by atoms with van der Waals surface area (Å²) in [6.45, 7) is 7.82. The van der Waals surface area contributed by atoms with Crippen LogP contribution in [0.5, 0.6) is 0 Å². The van der Waals surface area contributed by atoms with E-state index in [4.69, 9.17) is 0 Å². The highest BCUT2D eigenvalue weighted by Crippen LogP contribution is 2.24. The third-order valence-electron chi connectivity index (χ3n) is 4.02. The Labute approximate surface area is 127 Å². The number of hydrogen-bond donors (Lipinski definition) is 0. The van der Waals surface area contributed by atoms with Gasteiger partial charge in [0.25, 0.3) is 0 Å². The van der Waals surface area contributed by atoms with E-state index in [0.717, 1.165) is 24.7 Å². The summed E-state index contributed by atoms with van der Waals surface area (Å²) in [5.41, 5.74) is 0. The molecular formula is C14H24N4O2S. The van der Waals surface area contributed by atoms with Crippen LogP contribution in [0.3, 0.4) is 0 Å². The lowest BCUT2D eigenvalue weighted by Gasteiger charge is -2.27. The van der Waals surface area contributed by atoms with Gasteiger partial charge >= 0.3 is 0 Å². The molecule has 1 atom stereocenters. The fourth-order valence-corrected chi connectivity index (χ4v) is 4.47. The number of aromatic nitrogens is 2. The summed E-state index contributed by atoms with van der Waals surface area (Å²) < 4.78 is 23.3. The van der Waals surface area contributed by atoms with E-state index in [1.165, 1.54) is 0 Å².